The van der Waals surface area contributed by atoms with Gasteiger partial charge >= 0.3 is 5.97 Å². The lowest BCUT2D eigenvalue weighted by Gasteiger charge is -2.23. The Morgan fingerprint density at radius 3 is 2.31 bits per heavy atom. The lowest BCUT2D eigenvalue weighted by molar-refractivity contribution is -0.130. The molecular formula is C21H18F3NO4. The van der Waals surface area contributed by atoms with E-state index in [4.69, 9.17) is 0 Å². The molecule has 5 nitrogen and oxygen atoms in total. The van der Waals surface area contributed by atoms with Crippen LogP contribution in [-0.2, 0) is 9.59 Å². The van der Waals surface area contributed by atoms with Crippen LogP contribution in [0.15, 0.2) is 36.4 Å². The van der Waals surface area contributed by atoms with E-state index in [2.05, 4.69) is 5.32 Å². The molecule has 3 rings (SSSR count). The third kappa shape index (κ3) is 4.47. The molecule has 2 N–H and O–H groups in total. The van der Waals surface area contributed by atoms with Crippen LogP contribution in [0.5, 0.6) is 0 Å². The summed E-state index contributed by atoms with van der Waals surface area (Å²) in [7, 11) is 0. The number of ketones is 1. The Morgan fingerprint density at radius 2 is 1.76 bits per heavy atom. The minimum atomic E-state index is -1.72. The van der Waals surface area contributed by atoms with Crippen LogP contribution in [-0.4, -0.2) is 22.8 Å². The van der Waals surface area contributed by atoms with E-state index in [-0.39, 0.29) is 5.92 Å². The number of halogens is 3. The van der Waals surface area contributed by atoms with Gasteiger partial charge in [-0.05, 0) is 55.0 Å². The van der Waals surface area contributed by atoms with Gasteiger partial charge in [-0.15, -0.1) is 0 Å². The highest BCUT2D eigenvalue weighted by Gasteiger charge is 2.38. The molecule has 1 saturated carbocycles. The molecule has 1 aliphatic carbocycles. The van der Waals surface area contributed by atoms with E-state index in [9.17, 15) is 32.7 Å². The molecule has 0 aliphatic heterocycles. The molecule has 2 aromatic rings. The lowest BCUT2D eigenvalue weighted by Crippen LogP contribution is -2.37. The second kappa shape index (κ2) is 8.06. The second-order valence-corrected chi connectivity index (χ2v) is 7.08. The Balaban J connectivity index is 1.99. The largest absolute Gasteiger partial charge is 0.478 e. The molecule has 1 fully saturated rings. The molecule has 2 unspecified atom stereocenters. The predicted octanol–water partition coefficient (Wildman–Crippen LogP) is 3.74. The number of nitrogens with one attached hydrogen (secondary N) is 1. The number of carboxylic acids is 1. The van der Waals surface area contributed by atoms with Gasteiger partial charge in [0.1, 0.15) is 29.2 Å². The maximum atomic E-state index is 14.1. The molecule has 0 saturated heterocycles. The van der Waals surface area contributed by atoms with E-state index in [0.29, 0.717) is 17.7 Å². The Morgan fingerprint density at radius 1 is 1.07 bits per heavy atom. The molecule has 0 aromatic heterocycles. The second-order valence-electron chi connectivity index (χ2n) is 7.08. The average Bonchev–Trinajstić information content (AvgIpc) is 3.43. The molecule has 0 heterocycles. The van der Waals surface area contributed by atoms with E-state index in [1.54, 1.807) is 6.07 Å². The molecule has 2 atom stereocenters. The van der Waals surface area contributed by atoms with Crippen molar-refractivity contribution >= 4 is 17.7 Å². The van der Waals surface area contributed by atoms with Crippen molar-refractivity contribution in [2.24, 2.45) is 5.92 Å². The summed E-state index contributed by atoms with van der Waals surface area (Å²) in [5.74, 6) is -8.07. The number of carboxylic acid groups (broad SMARTS) is 1. The fourth-order valence-electron chi connectivity index (χ4n) is 3.43. The summed E-state index contributed by atoms with van der Waals surface area (Å²) < 4.78 is 41.4. The third-order valence-corrected chi connectivity index (χ3v) is 4.88. The molecule has 152 valence electrons. The van der Waals surface area contributed by atoms with Gasteiger partial charge in [0, 0.05) is 6.07 Å². The maximum Gasteiger partial charge on any atom is 0.339 e. The summed E-state index contributed by atoms with van der Waals surface area (Å²) in [6, 6.07) is 6.07. The zero-order chi connectivity index (χ0) is 21.3. The van der Waals surface area contributed by atoms with Gasteiger partial charge in [-0.3, -0.25) is 9.59 Å². The Hall–Kier alpha value is -3.16. The van der Waals surface area contributed by atoms with Crippen molar-refractivity contribution in [2.75, 3.05) is 0 Å². The fraction of sp³-hybridized carbons (Fsp3) is 0.286. The van der Waals surface area contributed by atoms with Gasteiger partial charge in [0.2, 0.25) is 5.91 Å². The van der Waals surface area contributed by atoms with E-state index < -0.39 is 58.2 Å². The zero-order valence-corrected chi connectivity index (χ0v) is 15.4. The maximum absolute atomic E-state index is 14.1. The number of rotatable bonds is 7. The first kappa shape index (κ1) is 20.6. The number of benzene rings is 2. The van der Waals surface area contributed by atoms with Crippen LogP contribution in [0.3, 0.4) is 0 Å². The molecule has 8 heteroatoms. The minimum absolute atomic E-state index is 0.0246. The molecule has 2 aromatic carbocycles. The van der Waals surface area contributed by atoms with Crippen molar-refractivity contribution in [3.63, 3.8) is 0 Å². The van der Waals surface area contributed by atoms with Crippen LogP contribution < -0.4 is 5.32 Å². The molecule has 0 spiro atoms. The van der Waals surface area contributed by atoms with Gasteiger partial charge in [-0.25, -0.2) is 18.0 Å². The lowest BCUT2D eigenvalue weighted by atomic mass is 9.89. The summed E-state index contributed by atoms with van der Waals surface area (Å²) in [6.07, 6.45) is 1.56. The highest BCUT2D eigenvalue weighted by molar-refractivity contribution is 6.08. The summed E-state index contributed by atoms with van der Waals surface area (Å²) in [4.78, 5) is 36.6. The van der Waals surface area contributed by atoms with Gasteiger partial charge in [0.15, 0.2) is 0 Å². The minimum Gasteiger partial charge on any atom is -0.478 e. The van der Waals surface area contributed by atoms with Crippen molar-refractivity contribution in [3.8, 4) is 0 Å². The molecule has 1 aliphatic rings. The van der Waals surface area contributed by atoms with Crippen molar-refractivity contribution in [1.82, 2.24) is 5.32 Å². The normalized spacial score (nSPS) is 15.4. The number of amides is 1. The highest BCUT2D eigenvalue weighted by atomic mass is 19.1. The Bertz CT molecular complexity index is 988. The van der Waals surface area contributed by atoms with E-state index in [0.717, 1.165) is 19.8 Å². The molecule has 0 bridgehead atoms. The van der Waals surface area contributed by atoms with Crippen LogP contribution in [0.25, 0.3) is 0 Å². The van der Waals surface area contributed by atoms with Crippen molar-refractivity contribution in [2.45, 2.75) is 31.7 Å². The quantitative estimate of drug-likeness (QED) is 0.688. The molecule has 29 heavy (non-hydrogen) atoms. The number of aromatic carboxylic acids is 1. The van der Waals surface area contributed by atoms with Gasteiger partial charge in [-0.2, -0.15) is 0 Å². The Kier molecular flexibility index (Phi) is 5.72. The molecule has 0 radical (unpaired) electrons. The highest BCUT2D eigenvalue weighted by Crippen LogP contribution is 2.41. The number of carbonyl (C=O) groups excluding carboxylic acids is 2. The van der Waals surface area contributed by atoms with Gasteiger partial charge in [0.25, 0.3) is 0 Å². The first-order valence-corrected chi connectivity index (χ1v) is 8.97. The van der Waals surface area contributed by atoms with Crippen LogP contribution in [0, 0.1) is 23.4 Å². The van der Waals surface area contributed by atoms with Gasteiger partial charge in [-0.1, -0.05) is 12.1 Å². The van der Waals surface area contributed by atoms with Gasteiger partial charge in [0.05, 0.1) is 11.6 Å². The summed E-state index contributed by atoms with van der Waals surface area (Å²) >= 11 is 0. The van der Waals surface area contributed by atoms with E-state index in [1.165, 1.54) is 18.2 Å². The third-order valence-electron chi connectivity index (χ3n) is 4.88. The van der Waals surface area contributed by atoms with Crippen LogP contribution in [0.4, 0.5) is 13.2 Å². The monoisotopic (exact) mass is 405 g/mol. The van der Waals surface area contributed by atoms with Crippen LogP contribution >= 0.6 is 0 Å². The van der Waals surface area contributed by atoms with Crippen LogP contribution in [0.2, 0.25) is 0 Å². The molecular weight excluding hydrogens is 387 g/mol. The number of carbonyl (C=O) groups is 3. The van der Waals surface area contributed by atoms with Crippen molar-refractivity contribution in [3.05, 3.63) is 70.5 Å². The fourth-order valence-corrected chi connectivity index (χ4v) is 3.43. The molecule has 1 amide bonds. The smallest absolute Gasteiger partial charge is 0.339 e. The number of hydrogen-bond donors (Lipinski definition) is 2. The zero-order valence-electron chi connectivity index (χ0n) is 15.4. The SMILES string of the molecule is CC(=O)C(C(=O)NC(c1cccc(F)c1)C1CC1)c1cc(F)cc(F)c1C(=O)O. The van der Waals surface area contributed by atoms with Crippen LogP contribution in [0.1, 0.15) is 53.2 Å². The summed E-state index contributed by atoms with van der Waals surface area (Å²) in [6.45, 7) is 1.03. The first-order valence-electron chi connectivity index (χ1n) is 8.97. The van der Waals surface area contributed by atoms with E-state index in [1.807, 2.05) is 0 Å². The summed E-state index contributed by atoms with van der Waals surface area (Å²) in [5.41, 5.74) is -1.00. The number of hydrogen-bond acceptors (Lipinski definition) is 3. The number of Topliss-reactive ketones (excluding diaryl/α,β-unsaturated/α-hetero) is 1. The van der Waals surface area contributed by atoms with Gasteiger partial charge < -0.3 is 10.4 Å². The van der Waals surface area contributed by atoms with Crippen molar-refractivity contribution < 1.29 is 32.7 Å². The summed E-state index contributed by atoms with van der Waals surface area (Å²) in [5, 5.41) is 11.9. The Labute approximate surface area is 164 Å². The standard InChI is InChI=1S/C21H18F3NO4/c1-10(26)17(15-8-14(23)9-16(24)18(15)21(28)29)20(27)25-19(11-5-6-11)12-3-2-4-13(22)7-12/h2-4,7-9,11,17,19H,5-6H2,1H3,(H,25,27)(H,28,29). The topological polar surface area (TPSA) is 83.5 Å². The first-order chi connectivity index (χ1) is 13.7. The van der Waals surface area contributed by atoms with Crippen molar-refractivity contribution in [1.29, 1.82) is 0 Å². The predicted molar refractivity (Wildman–Crippen MR) is 96.7 cm³/mol. The average molecular weight is 405 g/mol. The van der Waals surface area contributed by atoms with E-state index >= 15 is 0 Å².